The number of hydrogen-bond donors (Lipinski definition) is 0. The van der Waals surface area contributed by atoms with E-state index in [9.17, 15) is 17.6 Å². The Morgan fingerprint density at radius 3 is 1.79 bits per heavy atom. The van der Waals surface area contributed by atoms with Gasteiger partial charge in [0, 0.05) is 0 Å². The van der Waals surface area contributed by atoms with Crippen molar-refractivity contribution in [2.75, 3.05) is 0 Å². The van der Waals surface area contributed by atoms with Crippen LogP contribution in [0.25, 0.3) is 0 Å². The molecule has 2 aliphatic carbocycles. The average Bonchev–Trinajstić information content (AvgIpc) is 2.81. The SMILES string of the molecule is CCCCCC[C@H]1CC[C@H](CC[C@H]2CC[C@H](c3ccc(OC(F)C(F)(F)F)cc3)CC2)CC1. The van der Waals surface area contributed by atoms with Gasteiger partial charge in [0.2, 0.25) is 0 Å². The zero-order valence-electron chi connectivity index (χ0n) is 20.2. The number of halogens is 4. The highest BCUT2D eigenvalue weighted by molar-refractivity contribution is 5.30. The molecule has 188 valence electrons. The van der Waals surface area contributed by atoms with Crippen LogP contribution in [0.2, 0.25) is 0 Å². The van der Waals surface area contributed by atoms with Crippen LogP contribution in [0.3, 0.4) is 0 Å². The van der Waals surface area contributed by atoms with Crippen molar-refractivity contribution in [2.24, 2.45) is 17.8 Å². The quantitative estimate of drug-likeness (QED) is 0.231. The Morgan fingerprint density at radius 1 is 0.758 bits per heavy atom. The molecule has 0 radical (unpaired) electrons. The molecular formula is C28H42F4O. The summed E-state index contributed by atoms with van der Waals surface area (Å²) >= 11 is 0. The minimum Gasteiger partial charge on any atom is -0.452 e. The first-order chi connectivity index (χ1) is 15.8. The van der Waals surface area contributed by atoms with Gasteiger partial charge in [-0.3, -0.25) is 0 Å². The topological polar surface area (TPSA) is 9.23 Å². The molecular weight excluding hydrogens is 428 g/mol. The molecule has 2 saturated carbocycles. The van der Waals surface area contributed by atoms with Crippen LogP contribution in [0.1, 0.15) is 115 Å². The van der Waals surface area contributed by atoms with E-state index in [1.165, 1.54) is 95.6 Å². The van der Waals surface area contributed by atoms with E-state index in [4.69, 9.17) is 0 Å². The van der Waals surface area contributed by atoms with E-state index < -0.39 is 12.5 Å². The van der Waals surface area contributed by atoms with Gasteiger partial charge in [0.05, 0.1) is 0 Å². The second kappa shape index (κ2) is 13.0. The van der Waals surface area contributed by atoms with E-state index in [0.717, 1.165) is 36.2 Å². The van der Waals surface area contributed by atoms with Crippen LogP contribution in [0, 0.1) is 17.8 Å². The summed E-state index contributed by atoms with van der Waals surface area (Å²) < 4.78 is 54.3. The number of unbranched alkanes of at least 4 members (excludes halogenated alkanes) is 3. The third-order valence-electron chi connectivity index (χ3n) is 8.11. The number of ether oxygens (including phenoxy) is 1. The molecule has 2 fully saturated rings. The van der Waals surface area contributed by atoms with Crippen LogP contribution < -0.4 is 4.74 Å². The first kappa shape index (κ1) is 26.3. The van der Waals surface area contributed by atoms with Crippen molar-refractivity contribution in [3.8, 4) is 5.75 Å². The Bertz CT molecular complexity index is 655. The van der Waals surface area contributed by atoms with E-state index in [0.29, 0.717) is 5.92 Å². The van der Waals surface area contributed by atoms with Crippen LogP contribution in [-0.4, -0.2) is 12.5 Å². The van der Waals surface area contributed by atoms with Gasteiger partial charge < -0.3 is 4.74 Å². The lowest BCUT2D eigenvalue weighted by molar-refractivity contribution is -0.236. The Morgan fingerprint density at radius 2 is 1.27 bits per heavy atom. The molecule has 1 atom stereocenters. The van der Waals surface area contributed by atoms with Gasteiger partial charge in [0.25, 0.3) is 0 Å². The summed E-state index contributed by atoms with van der Waals surface area (Å²) in [4.78, 5) is 0. The Hall–Kier alpha value is -1.26. The lowest BCUT2D eigenvalue weighted by Gasteiger charge is -2.32. The minimum absolute atomic E-state index is 0.0760. The Labute approximate surface area is 197 Å². The van der Waals surface area contributed by atoms with E-state index in [1.54, 1.807) is 12.1 Å². The Balaban J connectivity index is 1.31. The lowest BCUT2D eigenvalue weighted by atomic mass is 9.74. The zero-order valence-corrected chi connectivity index (χ0v) is 20.2. The van der Waals surface area contributed by atoms with E-state index >= 15 is 0 Å². The molecule has 33 heavy (non-hydrogen) atoms. The first-order valence-corrected chi connectivity index (χ1v) is 13.3. The predicted molar refractivity (Wildman–Crippen MR) is 126 cm³/mol. The van der Waals surface area contributed by atoms with Gasteiger partial charge in [0.1, 0.15) is 5.75 Å². The van der Waals surface area contributed by atoms with Crippen molar-refractivity contribution in [3.63, 3.8) is 0 Å². The van der Waals surface area contributed by atoms with E-state index in [-0.39, 0.29) is 5.75 Å². The van der Waals surface area contributed by atoms with Gasteiger partial charge in [-0.15, -0.1) is 0 Å². The van der Waals surface area contributed by atoms with Crippen LogP contribution in [0.4, 0.5) is 17.6 Å². The fourth-order valence-corrected chi connectivity index (χ4v) is 5.93. The lowest BCUT2D eigenvalue weighted by Crippen LogP contribution is -2.29. The summed E-state index contributed by atoms with van der Waals surface area (Å²) in [6, 6.07) is 6.51. The van der Waals surface area contributed by atoms with Crippen molar-refractivity contribution in [1.82, 2.24) is 0 Å². The average molecular weight is 471 g/mol. The van der Waals surface area contributed by atoms with Gasteiger partial charge in [-0.2, -0.15) is 17.6 Å². The van der Waals surface area contributed by atoms with E-state index in [1.807, 2.05) is 0 Å². The molecule has 0 saturated heterocycles. The van der Waals surface area contributed by atoms with Crippen LogP contribution in [-0.2, 0) is 0 Å². The number of hydrogen-bond acceptors (Lipinski definition) is 1. The minimum atomic E-state index is -5.00. The summed E-state index contributed by atoms with van der Waals surface area (Å²) in [5.41, 5.74) is 1.13. The molecule has 0 bridgehead atoms. The van der Waals surface area contributed by atoms with E-state index in [2.05, 4.69) is 11.7 Å². The zero-order chi connectivity index (χ0) is 23.7. The Kier molecular flexibility index (Phi) is 10.4. The summed E-state index contributed by atoms with van der Waals surface area (Å²) in [6.45, 7) is 2.28. The molecule has 1 aromatic carbocycles. The summed E-state index contributed by atoms with van der Waals surface area (Å²) in [5, 5.41) is 0. The van der Waals surface area contributed by atoms with Crippen molar-refractivity contribution in [3.05, 3.63) is 29.8 Å². The van der Waals surface area contributed by atoms with Gasteiger partial charge >= 0.3 is 12.5 Å². The first-order valence-electron chi connectivity index (χ1n) is 13.3. The molecule has 2 aliphatic rings. The maximum absolute atomic E-state index is 13.0. The highest BCUT2D eigenvalue weighted by atomic mass is 19.4. The molecule has 5 heteroatoms. The summed E-state index contributed by atoms with van der Waals surface area (Å²) in [6.07, 6.45) is 11.9. The van der Waals surface area contributed by atoms with Crippen molar-refractivity contribution >= 4 is 0 Å². The van der Waals surface area contributed by atoms with Crippen molar-refractivity contribution in [1.29, 1.82) is 0 Å². The van der Waals surface area contributed by atoms with Crippen LogP contribution >= 0.6 is 0 Å². The standard InChI is InChI=1S/C28H42F4O/c1-2-3-4-5-6-21-7-9-22(10-8-21)11-12-23-13-15-24(16-14-23)25-17-19-26(20-18-25)33-27(29)28(30,31)32/h17-24,27H,2-16H2,1H3/t21-,22-,23-,24-,27?. The number of rotatable bonds is 11. The molecule has 1 aromatic rings. The predicted octanol–water partition coefficient (Wildman–Crippen LogP) is 9.75. The largest absolute Gasteiger partial charge is 0.457 e. The van der Waals surface area contributed by atoms with Crippen LogP contribution in [0.5, 0.6) is 5.75 Å². The molecule has 0 amide bonds. The summed E-state index contributed by atoms with van der Waals surface area (Å²) in [5.74, 6) is 3.10. The van der Waals surface area contributed by atoms with Crippen LogP contribution in [0.15, 0.2) is 24.3 Å². The van der Waals surface area contributed by atoms with Crippen molar-refractivity contribution < 1.29 is 22.3 Å². The van der Waals surface area contributed by atoms with Gasteiger partial charge in [-0.25, -0.2) is 0 Å². The maximum atomic E-state index is 13.0. The second-order valence-electron chi connectivity index (χ2n) is 10.6. The van der Waals surface area contributed by atoms with Gasteiger partial charge in [0.15, 0.2) is 0 Å². The normalized spacial score (nSPS) is 27.3. The molecule has 0 N–H and O–H groups in total. The fraction of sp³-hybridized carbons (Fsp3) is 0.786. The molecule has 0 aliphatic heterocycles. The molecule has 1 unspecified atom stereocenters. The van der Waals surface area contributed by atoms with Crippen molar-refractivity contribution in [2.45, 2.75) is 122 Å². The molecule has 3 rings (SSSR count). The monoisotopic (exact) mass is 470 g/mol. The highest BCUT2D eigenvalue weighted by Gasteiger charge is 2.42. The third kappa shape index (κ3) is 8.79. The smallest absolute Gasteiger partial charge is 0.452 e. The van der Waals surface area contributed by atoms with Gasteiger partial charge in [-0.1, -0.05) is 89.7 Å². The molecule has 0 aromatic heterocycles. The molecule has 1 nitrogen and oxygen atoms in total. The number of benzene rings is 1. The fourth-order valence-electron chi connectivity index (χ4n) is 5.93. The van der Waals surface area contributed by atoms with Gasteiger partial charge in [-0.05, 0) is 67.1 Å². The molecule has 0 heterocycles. The highest BCUT2D eigenvalue weighted by Crippen LogP contribution is 2.40. The third-order valence-corrected chi connectivity index (χ3v) is 8.11. The molecule has 0 spiro atoms. The number of alkyl halides is 4. The summed E-state index contributed by atoms with van der Waals surface area (Å²) in [7, 11) is 0. The second-order valence-corrected chi connectivity index (χ2v) is 10.6. The maximum Gasteiger partial charge on any atom is 0.457 e.